The summed E-state index contributed by atoms with van der Waals surface area (Å²) in [7, 11) is 1.65. The van der Waals surface area contributed by atoms with E-state index in [1.165, 1.54) is 22.8 Å². The average molecular weight is 459 g/mol. The summed E-state index contributed by atoms with van der Waals surface area (Å²) in [5.41, 5.74) is 2.41. The van der Waals surface area contributed by atoms with Gasteiger partial charge in [-0.2, -0.15) is 5.26 Å². The van der Waals surface area contributed by atoms with Crippen molar-refractivity contribution in [2.75, 3.05) is 31.1 Å². The molecule has 3 heterocycles. The maximum absolute atomic E-state index is 12.4. The van der Waals surface area contributed by atoms with Gasteiger partial charge in [-0.3, -0.25) is 9.69 Å². The number of aryl methyl sites for hydroxylation is 1. The quantitative estimate of drug-likeness (QED) is 0.641. The molecule has 1 saturated heterocycles. The Morgan fingerprint density at radius 1 is 1.15 bits per heavy atom. The van der Waals surface area contributed by atoms with Crippen LogP contribution in [0.25, 0.3) is 11.0 Å². The van der Waals surface area contributed by atoms with E-state index in [9.17, 15) is 28.3 Å². The van der Waals surface area contributed by atoms with Crippen molar-refractivity contribution < 1.29 is 23.0 Å². The van der Waals surface area contributed by atoms with Crippen LogP contribution in [0.15, 0.2) is 41.2 Å². The average Bonchev–Trinajstić information content (AvgIpc) is 2.77. The van der Waals surface area contributed by atoms with Crippen molar-refractivity contribution in [1.29, 1.82) is 5.26 Å². The molecule has 4 rings (SSSR count). The molecule has 1 aromatic carbocycles. The number of nitriles is 1. The fraction of sp³-hybridized carbons (Fsp3) is 0.318. The summed E-state index contributed by atoms with van der Waals surface area (Å²) in [6, 6.07) is 10.3. The zero-order valence-corrected chi connectivity index (χ0v) is 17.6. The van der Waals surface area contributed by atoms with Crippen LogP contribution in [0.1, 0.15) is 11.3 Å². The molecule has 0 bridgehead atoms. The van der Waals surface area contributed by atoms with Crippen molar-refractivity contribution in [1.82, 2.24) is 14.5 Å². The molecule has 0 unspecified atom stereocenters. The number of piperazine rings is 1. The molecule has 0 atom stereocenters. The van der Waals surface area contributed by atoms with E-state index in [2.05, 4.69) is 9.72 Å². The van der Waals surface area contributed by atoms with Gasteiger partial charge in [-0.25, -0.2) is 4.98 Å². The number of alkyl halides is 3. The zero-order valence-electron chi connectivity index (χ0n) is 17.6. The Bertz CT molecular complexity index is 1290. The molecule has 0 radical (unpaired) electrons. The first kappa shape index (κ1) is 22.4. The van der Waals surface area contributed by atoms with Gasteiger partial charge in [-0.15, -0.1) is 13.2 Å². The van der Waals surface area contributed by atoms with E-state index in [-0.39, 0.29) is 17.0 Å². The van der Waals surface area contributed by atoms with Crippen LogP contribution in [0.3, 0.4) is 0 Å². The largest absolute Gasteiger partial charge is 0.573 e. The van der Waals surface area contributed by atoms with Gasteiger partial charge >= 0.3 is 6.36 Å². The van der Waals surface area contributed by atoms with E-state index in [0.29, 0.717) is 55.0 Å². The second-order valence-electron chi connectivity index (χ2n) is 7.70. The maximum Gasteiger partial charge on any atom is 0.573 e. The molecule has 8 nitrogen and oxygen atoms in total. The lowest BCUT2D eigenvalue weighted by Gasteiger charge is -2.36. The molecule has 1 aliphatic heterocycles. The normalized spacial score (nSPS) is 14.9. The number of phenols is 1. The number of aromatic nitrogens is 2. The Kier molecular flexibility index (Phi) is 5.86. The van der Waals surface area contributed by atoms with Crippen LogP contribution in [-0.4, -0.2) is 52.1 Å². The molecule has 1 fully saturated rings. The number of rotatable bonds is 4. The van der Waals surface area contributed by atoms with Gasteiger partial charge in [0.05, 0.1) is 11.2 Å². The smallest absolute Gasteiger partial charge is 0.507 e. The Hall–Kier alpha value is -3.78. The highest BCUT2D eigenvalue weighted by Gasteiger charge is 2.31. The minimum atomic E-state index is -4.82. The van der Waals surface area contributed by atoms with Crippen molar-refractivity contribution in [2.24, 2.45) is 7.05 Å². The number of hydrogen-bond acceptors (Lipinski definition) is 7. The third-order valence-corrected chi connectivity index (χ3v) is 5.58. The Morgan fingerprint density at radius 2 is 1.88 bits per heavy atom. The third kappa shape index (κ3) is 4.85. The molecule has 0 spiro atoms. The van der Waals surface area contributed by atoms with E-state index in [1.807, 2.05) is 15.9 Å². The lowest BCUT2D eigenvalue weighted by atomic mass is 10.1. The number of benzene rings is 1. The number of phenolic OH excluding ortho intramolecular Hbond substituents is 1. The lowest BCUT2D eigenvalue weighted by Crippen LogP contribution is -2.46. The van der Waals surface area contributed by atoms with E-state index in [1.54, 1.807) is 19.2 Å². The van der Waals surface area contributed by atoms with E-state index in [0.717, 1.165) is 6.07 Å². The summed E-state index contributed by atoms with van der Waals surface area (Å²) in [6.45, 7) is 2.66. The summed E-state index contributed by atoms with van der Waals surface area (Å²) in [5.74, 6) is -0.750. The number of hydrogen-bond donors (Lipinski definition) is 1. The summed E-state index contributed by atoms with van der Waals surface area (Å²) < 4.78 is 42.4. The summed E-state index contributed by atoms with van der Waals surface area (Å²) in [6.07, 6.45) is -4.82. The van der Waals surface area contributed by atoms with Crippen molar-refractivity contribution in [3.8, 4) is 17.6 Å². The molecular weight excluding hydrogens is 439 g/mol. The van der Waals surface area contributed by atoms with Crippen molar-refractivity contribution >= 4 is 16.7 Å². The Morgan fingerprint density at radius 3 is 2.52 bits per heavy atom. The number of pyridine rings is 2. The molecule has 0 aliphatic carbocycles. The van der Waals surface area contributed by atoms with Crippen molar-refractivity contribution in [3.63, 3.8) is 0 Å². The maximum atomic E-state index is 12.4. The predicted molar refractivity (Wildman–Crippen MR) is 114 cm³/mol. The van der Waals surface area contributed by atoms with Gasteiger partial charge in [-0.1, -0.05) is 6.07 Å². The Balaban J connectivity index is 1.49. The lowest BCUT2D eigenvalue weighted by molar-refractivity contribution is -0.274. The summed E-state index contributed by atoms with van der Waals surface area (Å²) in [5, 5.41) is 19.3. The molecule has 2 aromatic heterocycles. The number of anilines is 1. The van der Waals surface area contributed by atoms with Crippen LogP contribution in [0.2, 0.25) is 0 Å². The summed E-state index contributed by atoms with van der Waals surface area (Å²) in [4.78, 5) is 20.9. The number of ether oxygens (including phenoxy) is 1. The monoisotopic (exact) mass is 459 g/mol. The van der Waals surface area contributed by atoms with E-state index < -0.39 is 12.1 Å². The molecule has 1 N–H and O–H groups in total. The molecule has 1 aliphatic rings. The highest BCUT2D eigenvalue weighted by atomic mass is 19.4. The van der Waals surface area contributed by atoms with Crippen LogP contribution >= 0.6 is 0 Å². The first-order chi connectivity index (χ1) is 15.6. The second kappa shape index (κ2) is 8.63. The van der Waals surface area contributed by atoms with Crippen molar-refractivity contribution in [3.05, 3.63) is 58.0 Å². The van der Waals surface area contributed by atoms with E-state index >= 15 is 0 Å². The van der Waals surface area contributed by atoms with Gasteiger partial charge in [0.2, 0.25) is 0 Å². The number of fused-ring (bicyclic) bond motifs is 1. The Labute approximate surface area is 186 Å². The molecule has 0 saturated carbocycles. The first-order valence-electron chi connectivity index (χ1n) is 10.1. The molecule has 172 valence electrons. The third-order valence-electron chi connectivity index (χ3n) is 5.58. The first-order valence-corrected chi connectivity index (χ1v) is 10.1. The van der Waals surface area contributed by atoms with Crippen LogP contribution < -0.4 is 15.2 Å². The number of halogens is 3. The molecule has 33 heavy (non-hydrogen) atoms. The molecule has 11 heteroatoms. The van der Waals surface area contributed by atoms with Gasteiger partial charge in [0.15, 0.2) is 0 Å². The fourth-order valence-electron chi connectivity index (χ4n) is 3.88. The second-order valence-corrected chi connectivity index (χ2v) is 7.70. The van der Waals surface area contributed by atoms with Gasteiger partial charge in [0.1, 0.15) is 28.8 Å². The van der Waals surface area contributed by atoms with Crippen LogP contribution in [0.4, 0.5) is 18.9 Å². The molecular formula is C22H20F3N5O3. The number of aromatic hydroxyl groups is 1. The van der Waals surface area contributed by atoms with Gasteiger partial charge in [-0.05, 0) is 18.2 Å². The molecule has 0 amide bonds. The number of nitrogens with zero attached hydrogens (tertiary/aromatic N) is 5. The van der Waals surface area contributed by atoms with Gasteiger partial charge in [0.25, 0.3) is 5.56 Å². The van der Waals surface area contributed by atoms with Gasteiger partial charge in [0, 0.05) is 57.5 Å². The topological polar surface area (TPSA) is 94.6 Å². The van der Waals surface area contributed by atoms with E-state index in [4.69, 9.17) is 0 Å². The minimum absolute atomic E-state index is 0.183. The predicted octanol–water partition coefficient (Wildman–Crippen LogP) is 2.73. The zero-order chi connectivity index (χ0) is 23.8. The van der Waals surface area contributed by atoms with Gasteiger partial charge < -0.3 is 19.3 Å². The minimum Gasteiger partial charge on any atom is -0.507 e. The van der Waals surface area contributed by atoms with Crippen LogP contribution in [0, 0.1) is 11.3 Å². The van der Waals surface area contributed by atoms with Crippen LogP contribution in [-0.2, 0) is 13.6 Å². The highest BCUT2D eigenvalue weighted by molar-refractivity contribution is 5.88. The van der Waals surface area contributed by atoms with Crippen LogP contribution in [0.5, 0.6) is 11.5 Å². The standard InChI is InChI=1S/C22H20F3N5O3/c1-28-17-5-3-15(12-26)27-21(17)18(11-20(28)32)30-8-6-29(7-9-30)13-14-2-4-16(10-19(14)31)33-22(23,24)25/h2-5,10-11,31H,6-9,13H2,1H3. The SMILES string of the molecule is Cn1c(=O)cc(N2CCN(Cc3ccc(OC(F)(F)F)cc3O)CC2)c2nc(C#N)ccc21. The highest BCUT2D eigenvalue weighted by Crippen LogP contribution is 2.30. The fourth-order valence-corrected chi connectivity index (χ4v) is 3.88. The van der Waals surface area contributed by atoms with Crippen molar-refractivity contribution in [2.45, 2.75) is 12.9 Å². The molecule has 3 aromatic rings. The summed E-state index contributed by atoms with van der Waals surface area (Å²) >= 11 is 0.